The highest BCUT2D eigenvalue weighted by molar-refractivity contribution is 7.03. The molecule has 0 fully saturated rings. The van der Waals surface area contributed by atoms with E-state index in [0.717, 1.165) is 11.3 Å². The third-order valence-corrected chi connectivity index (χ3v) is 2.78. The predicted molar refractivity (Wildman–Crippen MR) is 61.1 cm³/mol. The van der Waals surface area contributed by atoms with E-state index < -0.39 is 0 Å². The molecule has 0 aliphatic carbocycles. The Hall–Kier alpha value is -1.75. The molecule has 0 saturated carbocycles. The number of hydrogen-bond donors (Lipinski definition) is 0. The Kier molecular flexibility index (Phi) is 2.96. The molecule has 0 aliphatic rings. The highest BCUT2D eigenvalue weighted by Crippen LogP contribution is 2.19. The van der Waals surface area contributed by atoms with Crippen LogP contribution >= 0.6 is 11.5 Å². The summed E-state index contributed by atoms with van der Waals surface area (Å²) in [7, 11) is 1.60. The quantitative estimate of drug-likeness (QED) is 0.763. The van der Waals surface area contributed by atoms with Gasteiger partial charge in [-0.25, -0.2) is 0 Å². The Morgan fingerprint density at radius 3 is 2.81 bits per heavy atom. The maximum Gasteiger partial charge on any atom is 0.214 e. The molecular formula is C11H10N2O2S. The Morgan fingerprint density at radius 2 is 2.25 bits per heavy atom. The number of nitrogens with zero attached hydrogens (tertiary/aromatic N) is 2. The Morgan fingerprint density at radius 1 is 1.44 bits per heavy atom. The zero-order valence-corrected chi connectivity index (χ0v) is 9.75. The predicted octanol–water partition coefficient (Wildman–Crippen LogP) is 2.09. The van der Waals surface area contributed by atoms with Crippen molar-refractivity contribution in [1.29, 1.82) is 0 Å². The minimum absolute atomic E-state index is 0.103. The van der Waals surface area contributed by atoms with Crippen LogP contribution in [-0.2, 0) is 0 Å². The van der Waals surface area contributed by atoms with Gasteiger partial charge < -0.3 is 4.74 Å². The van der Waals surface area contributed by atoms with Gasteiger partial charge in [-0.05, 0) is 42.2 Å². The van der Waals surface area contributed by atoms with E-state index in [0.29, 0.717) is 11.3 Å². The summed E-state index contributed by atoms with van der Waals surface area (Å²) in [5.74, 6) is 0.638. The molecule has 0 aliphatic heterocycles. The van der Waals surface area contributed by atoms with Gasteiger partial charge in [-0.1, -0.05) is 4.49 Å². The summed E-state index contributed by atoms with van der Waals surface area (Å²) in [4.78, 5) is 12.0. The van der Waals surface area contributed by atoms with Crippen LogP contribution in [0.25, 0.3) is 0 Å². The zero-order valence-electron chi connectivity index (χ0n) is 8.93. The second kappa shape index (κ2) is 4.40. The summed E-state index contributed by atoms with van der Waals surface area (Å²) in [6, 6.07) is 5.34. The fraction of sp³-hybridized carbons (Fsp3) is 0.182. The molecule has 0 amide bonds. The number of benzene rings is 1. The summed E-state index contributed by atoms with van der Waals surface area (Å²) in [6.07, 6.45) is 0. The molecule has 1 aromatic carbocycles. The number of ketones is 1. The van der Waals surface area contributed by atoms with E-state index >= 15 is 0 Å². The molecule has 0 bridgehead atoms. The van der Waals surface area contributed by atoms with Gasteiger partial charge in [0.05, 0.1) is 7.11 Å². The molecule has 0 spiro atoms. The minimum Gasteiger partial charge on any atom is -0.497 e. The van der Waals surface area contributed by atoms with Crippen LogP contribution in [-0.4, -0.2) is 22.5 Å². The van der Waals surface area contributed by atoms with Crippen LogP contribution in [0.2, 0.25) is 0 Å². The summed E-state index contributed by atoms with van der Waals surface area (Å²) >= 11 is 1.17. The Bertz CT molecular complexity index is 509. The number of hydrogen-bond acceptors (Lipinski definition) is 5. The van der Waals surface area contributed by atoms with Gasteiger partial charge in [-0.3, -0.25) is 4.79 Å². The zero-order chi connectivity index (χ0) is 11.5. The van der Waals surface area contributed by atoms with Gasteiger partial charge >= 0.3 is 0 Å². The van der Waals surface area contributed by atoms with E-state index in [1.165, 1.54) is 11.5 Å². The van der Waals surface area contributed by atoms with Crippen molar-refractivity contribution < 1.29 is 9.53 Å². The maximum atomic E-state index is 12.0. The fourth-order valence-electron chi connectivity index (χ4n) is 1.42. The molecule has 4 nitrogen and oxygen atoms in total. The summed E-state index contributed by atoms with van der Waals surface area (Å²) in [6.45, 7) is 1.87. The molecule has 0 radical (unpaired) electrons. The Balaban J connectivity index is 2.38. The van der Waals surface area contributed by atoms with Crippen LogP contribution in [0.15, 0.2) is 23.6 Å². The van der Waals surface area contributed by atoms with E-state index in [4.69, 9.17) is 4.74 Å². The van der Waals surface area contributed by atoms with Crippen molar-refractivity contribution in [2.24, 2.45) is 0 Å². The van der Waals surface area contributed by atoms with Crippen molar-refractivity contribution in [3.63, 3.8) is 0 Å². The Labute approximate surface area is 97.0 Å². The SMILES string of the molecule is COc1ccc(C(=O)c2csnn2)c(C)c1. The molecule has 2 rings (SSSR count). The molecule has 16 heavy (non-hydrogen) atoms. The van der Waals surface area contributed by atoms with Gasteiger partial charge in [0.2, 0.25) is 5.78 Å². The van der Waals surface area contributed by atoms with E-state index in [9.17, 15) is 4.79 Å². The van der Waals surface area contributed by atoms with E-state index in [-0.39, 0.29) is 5.78 Å². The molecule has 2 aromatic rings. The third kappa shape index (κ3) is 1.94. The monoisotopic (exact) mass is 234 g/mol. The number of aromatic nitrogens is 2. The largest absolute Gasteiger partial charge is 0.497 e. The lowest BCUT2D eigenvalue weighted by atomic mass is 10.0. The molecule has 0 unspecified atom stereocenters. The van der Waals surface area contributed by atoms with Gasteiger partial charge in [-0.15, -0.1) is 5.10 Å². The first-order valence-corrected chi connectivity index (χ1v) is 5.52. The van der Waals surface area contributed by atoms with Gasteiger partial charge in [0.25, 0.3) is 0 Å². The second-order valence-electron chi connectivity index (χ2n) is 3.30. The van der Waals surface area contributed by atoms with E-state index in [1.54, 1.807) is 24.6 Å². The van der Waals surface area contributed by atoms with Crippen LogP contribution in [0.3, 0.4) is 0 Å². The van der Waals surface area contributed by atoms with Crippen molar-refractivity contribution >= 4 is 17.3 Å². The van der Waals surface area contributed by atoms with Gasteiger partial charge in [0.15, 0.2) is 0 Å². The number of carbonyl (C=O) groups excluding carboxylic acids is 1. The maximum absolute atomic E-state index is 12.0. The van der Waals surface area contributed by atoms with Crippen LogP contribution in [0, 0.1) is 6.92 Å². The number of aryl methyl sites for hydroxylation is 1. The lowest BCUT2D eigenvalue weighted by Gasteiger charge is -2.05. The van der Waals surface area contributed by atoms with E-state index in [2.05, 4.69) is 9.59 Å². The number of rotatable bonds is 3. The van der Waals surface area contributed by atoms with Gasteiger partial charge in [0.1, 0.15) is 11.4 Å². The molecule has 1 aromatic heterocycles. The molecular weight excluding hydrogens is 224 g/mol. The van der Waals surface area contributed by atoms with Crippen LogP contribution < -0.4 is 4.74 Å². The van der Waals surface area contributed by atoms with Crippen molar-refractivity contribution in [1.82, 2.24) is 9.59 Å². The van der Waals surface area contributed by atoms with Crippen LogP contribution in [0.5, 0.6) is 5.75 Å². The normalized spacial score (nSPS) is 10.1. The van der Waals surface area contributed by atoms with Crippen LogP contribution in [0.4, 0.5) is 0 Å². The lowest BCUT2D eigenvalue weighted by molar-refractivity contribution is 0.103. The first kappa shape index (κ1) is 10.8. The standard InChI is InChI=1S/C11H10N2O2S/c1-7-5-8(15-2)3-4-9(7)11(14)10-6-16-13-12-10/h3-6H,1-2H3. The minimum atomic E-state index is -0.103. The molecule has 0 N–H and O–H groups in total. The summed E-state index contributed by atoms with van der Waals surface area (Å²) < 4.78 is 8.76. The first-order valence-electron chi connectivity index (χ1n) is 4.69. The van der Waals surface area contributed by atoms with Gasteiger partial charge in [-0.2, -0.15) is 0 Å². The average molecular weight is 234 g/mol. The lowest BCUT2D eigenvalue weighted by Crippen LogP contribution is -2.04. The van der Waals surface area contributed by atoms with Crippen molar-refractivity contribution in [3.8, 4) is 5.75 Å². The molecule has 5 heteroatoms. The van der Waals surface area contributed by atoms with Gasteiger partial charge in [0, 0.05) is 10.9 Å². The van der Waals surface area contributed by atoms with Crippen molar-refractivity contribution in [3.05, 3.63) is 40.4 Å². The summed E-state index contributed by atoms with van der Waals surface area (Å²) in [5.41, 5.74) is 1.89. The number of methoxy groups -OCH3 is 1. The fourth-order valence-corrected chi connectivity index (χ4v) is 1.86. The van der Waals surface area contributed by atoms with E-state index in [1.807, 2.05) is 13.0 Å². The second-order valence-corrected chi connectivity index (χ2v) is 3.91. The molecule has 82 valence electrons. The van der Waals surface area contributed by atoms with Crippen molar-refractivity contribution in [2.45, 2.75) is 6.92 Å². The molecule has 0 atom stereocenters. The highest BCUT2D eigenvalue weighted by atomic mass is 32.1. The summed E-state index contributed by atoms with van der Waals surface area (Å²) in [5, 5.41) is 5.41. The smallest absolute Gasteiger partial charge is 0.214 e. The third-order valence-electron chi connectivity index (χ3n) is 2.27. The number of ether oxygens (including phenoxy) is 1. The van der Waals surface area contributed by atoms with Crippen LogP contribution in [0.1, 0.15) is 21.6 Å². The highest BCUT2D eigenvalue weighted by Gasteiger charge is 2.14. The average Bonchev–Trinajstić information content (AvgIpc) is 2.81. The number of carbonyl (C=O) groups is 1. The first-order chi connectivity index (χ1) is 7.72. The molecule has 0 saturated heterocycles. The topological polar surface area (TPSA) is 52.1 Å². The van der Waals surface area contributed by atoms with Crippen molar-refractivity contribution in [2.75, 3.05) is 7.11 Å². The molecule has 1 heterocycles.